The molecular weight excluding hydrogens is 226 g/mol. The minimum Gasteiger partial charge on any atom is -0.465 e. The predicted octanol–water partition coefficient (Wildman–Crippen LogP) is 2.54. The average molecular weight is 249 g/mol. The Labute approximate surface area is 109 Å². The van der Waals surface area contributed by atoms with E-state index in [-0.39, 0.29) is 5.97 Å². The van der Waals surface area contributed by atoms with Crippen LogP contribution in [0.25, 0.3) is 0 Å². The number of nitrogens with two attached hydrogens (primary N) is 1. The monoisotopic (exact) mass is 249 g/mol. The number of hydrogen-bond acceptors (Lipinski definition) is 3. The van der Waals surface area contributed by atoms with Crippen molar-refractivity contribution in [2.45, 2.75) is 39.2 Å². The molecule has 100 valence electrons. The van der Waals surface area contributed by atoms with Crippen molar-refractivity contribution in [2.75, 3.05) is 6.61 Å². The van der Waals surface area contributed by atoms with Gasteiger partial charge in [0.25, 0.3) is 0 Å². The first-order chi connectivity index (χ1) is 8.59. The second-order valence-electron chi connectivity index (χ2n) is 4.98. The van der Waals surface area contributed by atoms with Gasteiger partial charge in [-0.2, -0.15) is 0 Å². The molecule has 0 aromatic heterocycles. The molecule has 0 aliphatic heterocycles. The zero-order chi connectivity index (χ0) is 13.4. The third kappa shape index (κ3) is 5.82. The van der Waals surface area contributed by atoms with Gasteiger partial charge in [-0.15, -0.1) is 0 Å². The Bertz CT molecular complexity index is 349. The molecule has 0 aliphatic carbocycles. The fourth-order valence-electron chi connectivity index (χ4n) is 1.59. The van der Waals surface area contributed by atoms with Gasteiger partial charge in [0.05, 0.1) is 6.61 Å². The Morgan fingerprint density at radius 1 is 1.22 bits per heavy atom. The molecule has 3 nitrogen and oxygen atoms in total. The molecule has 0 heterocycles. The average Bonchev–Trinajstić information content (AvgIpc) is 2.36. The van der Waals surface area contributed by atoms with Gasteiger partial charge in [0.2, 0.25) is 0 Å². The minimum absolute atomic E-state index is 0.286. The van der Waals surface area contributed by atoms with Gasteiger partial charge in [-0.05, 0) is 30.7 Å². The Morgan fingerprint density at radius 3 is 2.50 bits per heavy atom. The number of hydrogen-bond donors (Lipinski definition) is 1. The molecule has 0 radical (unpaired) electrons. The Hall–Kier alpha value is -1.35. The van der Waals surface area contributed by atoms with Crippen molar-refractivity contribution < 1.29 is 9.53 Å². The van der Waals surface area contributed by atoms with Crippen molar-refractivity contribution >= 4 is 5.97 Å². The smallest absolute Gasteiger partial charge is 0.322 e. The van der Waals surface area contributed by atoms with Crippen LogP contribution in [0.15, 0.2) is 30.3 Å². The second-order valence-corrected chi connectivity index (χ2v) is 4.98. The summed E-state index contributed by atoms with van der Waals surface area (Å²) in [6.07, 6.45) is 2.32. The molecule has 1 aromatic rings. The van der Waals surface area contributed by atoms with Gasteiger partial charge in [0.1, 0.15) is 6.04 Å². The normalized spacial score (nSPS) is 12.4. The van der Waals surface area contributed by atoms with Crippen LogP contribution in [0.3, 0.4) is 0 Å². The number of carbonyl (C=O) groups is 1. The van der Waals surface area contributed by atoms with Crippen molar-refractivity contribution in [2.24, 2.45) is 11.7 Å². The lowest BCUT2D eigenvalue weighted by atomic mass is 10.1. The molecule has 0 saturated heterocycles. The number of ether oxygens (including phenoxy) is 1. The van der Waals surface area contributed by atoms with Crippen LogP contribution in [0.5, 0.6) is 0 Å². The summed E-state index contributed by atoms with van der Waals surface area (Å²) in [4.78, 5) is 11.6. The van der Waals surface area contributed by atoms with E-state index in [4.69, 9.17) is 10.5 Å². The van der Waals surface area contributed by atoms with Crippen LogP contribution in [0.2, 0.25) is 0 Å². The highest BCUT2D eigenvalue weighted by atomic mass is 16.5. The summed E-state index contributed by atoms with van der Waals surface area (Å²) in [6, 6.07) is 9.51. The first kappa shape index (κ1) is 14.7. The molecule has 0 bridgehead atoms. The highest BCUT2D eigenvalue weighted by Crippen LogP contribution is 2.06. The molecule has 0 amide bonds. The van der Waals surface area contributed by atoms with Crippen LogP contribution in [-0.4, -0.2) is 18.6 Å². The quantitative estimate of drug-likeness (QED) is 0.755. The molecule has 1 atom stereocenters. The van der Waals surface area contributed by atoms with Crippen LogP contribution in [-0.2, 0) is 16.0 Å². The van der Waals surface area contributed by atoms with Crippen LogP contribution < -0.4 is 5.73 Å². The van der Waals surface area contributed by atoms with Crippen molar-refractivity contribution in [3.05, 3.63) is 35.9 Å². The molecule has 0 fully saturated rings. The van der Waals surface area contributed by atoms with Gasteiger partial charge in [-0.1, -0.05) is 44.2 Å². The zero-order valence-electron chi connectivity index (χ0n) is 11.3. The molecule has 0 spiro atoms. The summed E-state index contributed by atoms with van der Waals surface area (Å²) in [5.74, 6) is 0.255. The summed E-state index contributed by atoms with van der Waals surface area (Å²) in [7, 11) is 0. The van der Waals surface area contributed by atoms with Gasteiger partial charge >= 0.3 is 5.97 Å². The van der Waals surface area contributed by atoms with E-state index in [0.717, 1.165) is 12.8 Å². The summed E-state index contributed by atoms with van der Waals surface area (Å²) < 4.78 is 5.14. The molecule has 1 aromatic carbocycles. The van der Waals surface area contributed by atoms with Gasteiger partial charge in [0, 0.05) is 0 Å². The van der Waals surface area contributed by atoms with Crippen LogP contribution in [0, 0.1) is 5.92 Å². The van der Waals surface area contributed by atoms with E-state index in [1.807, 2.05) is 30.3 Å². The third-order valence-electron chi connectivity index (χ3n) is 2.83. The highest BCUT2D eigenvalue weighted by molar-refractivity contribution is 5.75. The topological polar surface area (TPSA) is 52.3 Å². The van der Waals surface area contributed by atoms with Crippen molar-refractivity contribution in [1.82, 2.24) is 0 Å². The van der Waals surface area contributed by atoms with Gasteiger partial charge in [-0.25, -0.2) is 0 Å². The van der Waals surface area contributed by atoms with E-state index in [1.165, 1.54) is 5.56 Å². The van der Waals surface area contributed by atoms with Crippen molar-refractivity contribution in [3.8, 4) is 0 Å². The van der Waals surface area contributed by atoms with E-state index in [1.54, 1.807) is 0 Å². The second kappa shape index (κ2) is 7.88. The van der Waals surface area contributed by atoms with E-state index in [2.05, 4.69) is 13.8 Å². The standard InChI is InChI=1S/C15H23NO2/c1-12(2)10-11-18-15(17)14(16)9-8-13-6-4-3-5-7-13/h3-7,12,14H,8-11,16H2,1-2H3/t14-/m0/s1. The number of rotatable bonds is 7. The van der Waals surface area contributed by atoms with Gasteiger partial charge in [-0.3, -0.25) is 4.79 Å². The molecule has 0 saturated carbocycles. The number of carbonyl (C=O) groups excluding carboxylic acids is 1. The number of esters is 1. The van der Waals surface area contributed by atoms with Gasteiger partial charge < -0.3 is 10.5 Å². The van der Waals surface area contributed by atoms with Crippen LogP contribution in [0.4, 0.5) is 0 Å². The molecule has 3 heteroatoms. The summed E-state index contributed by atoms with van der Waals surface area (Å²) in [6.45, 7) is 4.67. The zero-order valence-corrected chi connectivity index (χ0v) is 11.3. The van der Waals surface area contributed by atoms with Crippen molar-refractivity contribution in [3.63, 3.8) is 0 Å². The van der Waals surface area contributed by atoms with E-state index in [9.17, 15) is 4.79 Å². The molecular formula is C15H23NO2. The molecule has 1 rings (SSSR count). The summed E-state index contributed by atoms with van der Waals surface area (Å²) in [5.41, 5.74) is 7.00. The SMILES string of the molecule is CC(C)CCOC(=O)[C@@H](N)CCc1ccccc1. The molecule has 18 heavy (non-hydrogen) atoms. The van der Waals surface area contributed by atoms with Crippen LogP contribution >= 0.6 is 0 Å². The van der Waals surface area contributed by atoms with Gasteiger partial charge in [0.15, 0.2) is 0 Å². The Morgan fingerprint density at radius 2 is 1.89 bits per heavy atom. The molecule has 0 unspecified atom stereocenters. The molecule has 0 aliphatic rings. The minimum atomic E-state index is -0.516. The summed E-state index contributed by atoms with van der Waals surface area (Å²) >= 11 is 0. The fourth-order valence-corrected chi connectivity index (χ4v) is 1.59. The first-order valence-corrected chi connectivity index (χ1v) is 6.55. The molecule has 2 N–H and O–H groups in total. The number of aryl methyl sites for hydroxylation is 1. The highest BCUT2D eigenvalue weighted by Gasteiger charge is 2.14. The Balaban J connectivity index is 2.23. The Kier molecular flexibility index (Phi) is 6.44. The lowest BCUT2D eigenvalue weighted by molar-refractivity contribution is -0.145. The van der Waals surface area contributed by atoms with Crippen molar-refractivity contribution in [1.29, 1.82) is 0 Å². The third-order valence-corrected chi connectivity index (χ3v) is 2.83. The first-order valence-electron chi connectivity index (χ1n) is 6.55. The maximum Gasteiger partial charge on any atom is 0.322 e. The number of benzene rings is 1. The van der Waals surface area contributed by atoms with E-state index < -0.39 is 6.04 Å². The predicted molar refractivity (Wildman–Crippen MR) is 73.2 cm³/mol. The van der Waals surface area contributed by atoms with Crippen LogP contribution in [0.1, 0.15) is 32.3 Å². The van der Waals surface area contributed by atoms with E-state index >= 15 is 0 Å². The fraction of sp³-hybridized carbons (Fsp3) is 0.533. The lowest BCUT2D eigenvalue weighted by Crippen LogP contribution is -2.33. The maximum atomic E-state index is 11.6. The lowest BCUT2D eigenvalue weighted by Gasteiger charge is -2.12. The summed E-state index contributed by atoms with van der Waals surface area (Å²) in [5, 5.41) is 0. The van der Waals surface area contributed by atoms with E-state index in [0.29, 0.717) is 18.9 Å². The largest absolute Gasteiger partial charge is 0.465 e. The maximum absolute atomic E-state index is 11.6.